The van der Waals surface area contributed by atoms with E-state index in [0.717, 1.165) is 16.5 Å². The van der Waals surface area contributed by atoms with Crippen molar-refractivity contribution in [3.63, 3.8) is 0 Å². The Balaban J connectivity index is 3.22. The monoisotopic (exact) mass is 287 g/mol. The number of phenols is 1. The molecule has 0 aliphatic heterocycles. The van der Waals surface area contributed by atoms with Gasteiger partial charge in [-0.3, -0.25) is 0 Å². The number of hydrogen-bond acceptors (Lipinski definition) is 3. The summed E-state index contributed by atoms with van der Waals surface area (Å²) >= 11 is 3.46. The summed E-state index contributed by atoms with van der Waals surface area (Å²) in [5.41, 5.74) is 6.65. The highest BCUT2D eigenvalue weighted by Crippen LogP contribution is 2.39. The number of rotatable bonds is 4. The highest BCUT2D eigenvalue weighted by atomic mass is 79.9. The summed E-state index contributed by atoms with van der Waals surface area (Å²) in [6.07, 6.45) is 0.875. The predicted molar refractivity (Wildman–Crippen MR) is 69.1 cm³/mol. The van der Waals surface area contributed by atoms with Gasteiger partial charge in [-0.2, -0.15) is 0 Å². The van der Waals surface area contributed by atoms with E-state index in [0.29, 0.717) is 12.3 Å². The molecule has 0 aromatic heterocycles. The van der Waals surface area contributed by atoms with Crippen molar-refractivity contribution in [2.45, 2.75) is 25.7 Å². The van der Waals surface area contributed by atoms with Crippen molar-refractivity contribution in [2.75, 3.05) is 13.7 Å². The van der Waals surface area contributed by atoms with Crippen LogP contribution in [0.4, 0.5) is 0 Å². The van der Waals surface area contributed by atoms with Crippen LogP contribution in [0.15, 0.2) is 16.6 Å². The lowest BCUT2D eigenvalue weighted by Gasteiger charge is -2.26. The number of hydrogen-bond donors (Lipinski definition) is 2. The summed E-state index contributed by atoms with van der Waals surface area (Å²) in [5, 5.41) is 9.63. The number of aromatic hydroxyl groups is 1. The lowest BCUT2D eigenvalue weighted by atomic mass is 9.81. The molecule has 90 valence electrons. The summed E-state index contributed by atoms with van der Waals surface area (Å²) in [5.74, 6) is 0.630. The van der Waals surface area contributed by atoms with Crippen LogP contribution in [-0.4, -0.2) is 18.8 Å². The Morgan fingerprint density at radius 2 is 2.06 bits per heavy atom. The molecule has 0 heterocycles. The Morgan fingerprint density at radius 3 is 2.56 bits per heavy atom. The van der Waals surface area contributed by atoms with Crippen LogP contribution in [0.5, 0.6) is 11.5 Å². The third-order valence-electron chi connectivity index (χ3n) is 2.77. The van der Waals surface area contributed by atoms with Crippen molar-refractivity contribution >= 4 is 15.9 Å². The van der Waals surface area contributed by atoms with E-state index < -0.39 is 0 Å². The summed E-state index contributed by atoms with van der Waals surface area (Å²) in [6, 6.07) is 3.52. The molecule has 4 heteroatoms. The van der Waals surface area contributed by atoms with Gasteiger partial charge in [-0.05, 0) is 36.1 Å². The fourth-order valence-corrected chi connectivity index (χ4v) is 2.59. The summed E-state index contributed by atoms with van der Waals surface area (Å²) < 4.78 is 5.99. The van der Waals surface area contributed by atoms with Gasteiger partial charge in [0.1, 0.15) is 0 Å². The Kier molecular flexibility index (Phi) is 4.21. The largest absolute Gasteiger partial charge is 0.504 e. The van der Waals surface area contributed by atoms with E-state index in [1.807, 2.05) is 6.07 Å². The normalized spacial score (nSPS) is 11.6. The van der Waals surface area contributed by atoms with Crippen molar-refractivity contribution in [3.8, 4) is 11.5 Å². The molecule has 16 heavy (non-hydrogen) atoms. The van der Waals surface area contributed by atoms with Gasteiger partial charge in [0.2, 0.25) is 0 Å². The first-order valence-corrected chi connectivity index (χ1v) is 5.98. The van der Waals surface area contributed by atoms with Gasteiger partial charge in [-0.15, -0.1) is 0 Å². The standard InChI is InChI=1S/C12H18BrNO2/c1-12(2,4-5-14)8-6-11(16-3)10(15)7-9(8)13/h6-7,15H,4-5,14H2,1-3H3. The third-order valence-corrected chi connectivity index (χ3v) is 3.42. The summed E-state index contributed by atoms with van der Waals surface area (Å²) in [7, 11) is 1.54. The number of ether oxygens (including phenoxy) is 1. The minimum atomic E-state index is -0.0471. The minimum Gasteiger partial charge on any atom is -0.504 e. The maximum Gasteiger partial charge on any atom is 0.160 e. The second-order valence-electron chi connectivity index (χ2n) is 4.43. The fraction of sp³-hybridized carbons (Fsp3) is 0.500. The van der Waals surface area contributed by atoms with Gasteiger partial charge in [0, 0.05) is 4.47 Å². The molecule has 1 aromatic rings. The molecule has 0 fully saturated rings. The zero-order chi connectivity index (χ0) is 12.3. The average Bonchev–Trinajstić information content (AvgIpc) is 2.17. The van der Waals surface area contributed by atoms with Gasteiger partial charge >= 0.3 is 0 Å². The van der Waals surface area contributed by atoms with Crippen molar-refractivity contribution < 1.29 is 9.84 Å². The van der Waals surface area contributed by atoms with Crippen molar-refractivity contribution in [3.05, 3.63) is 22.2 Å². The Labute approximate surface area is 105 Å². The number of methoxy groups -OCH3 is 1. The maximum atomic E-state index is 9.63. The molecule has 0 spiro atoms. The van der Waals surface area contributed by atoms with E-state index in [9.17, 15) is 5.11 Å². The molecule has 0 bridgehead atoms. The third kappa shape index (κ3) is 2.68. The van der Waals surface area contributed by atoms with Crippen molar-refractivity contribution in [1.29, 1.82) is 0 Å². The molecule has 0 aliphatic rings. The van der Waals surface area contributed by atoms with Crippen molar-refractivity contribution in [1.82, 2.24) is 0 Å². The van der Waals surface area contributed by atoms with Crippen LogP contribution in [0.3, 0.4) is 0 Å². The first-order valence-electron chi connectivity index (χ1n) is 5.19. The van der Waals surface area contributed by atoms with Crippen LogP contribution in [0.1, 0.15) is 25.8 Å². The second-order valence-corrected chi connectivity index (χ2v) is 5.28. The molecule has 0 saturated carbocycles. The first kappa shape index (κ1) is 13.3. The van der Waals surface area contributed by atoms with Gasteiger partial charge in [-0.25, -0.2) is 0 Å². The molecule has 0 amide bonds. The molecule has 3 nitrogen and oxygen atoms in total. The average molecular weight is 288 g/mol. The van der Waals surface area contributed by atoms with E-state index in [4.69, 9.17) is 10.5 Å². The highest BCUT2D eigenvalue weighted by molar-refractivity contribution is 9.10. The molecular formula is C12H18BrNO2. The molecule has 0 radical (unpaired) electrons. The molecule has 0 saturated heterocycles. The van der Waals surface area contributed by atoms with Crippen LogP contribution in [0.25, 0.3) is 0 Å². The van der Waals surface area contributed by atoms with Gasteiger partial charge in [0.05, 0.1) is 7.11 Å². The minimum absolute atomic E-state index is 0.0471. The summed E-state index contributed by atoms with van der Waals surface area (Å²) in [4.78, 5) is 0. The molecule has 1 rings (SSSR count). The fourth-order valence-electron chi connectivity index (χ4n) is 1.72. The van der Waals surface area contributed by atoms with Gasteiger partial charge in [0.25, 0.3) is 0 Å². The van der Waals surface area contributed by atoms with Crippen LogP contribution in [0.2, 0.25) is 0 Å². The molecule has 0 atom stereocenters. The molecular weight excluding hydrogens is 270 g/mol. The second kappa shape index (κ2) is 5.06. The molecule has 3 N–H and O–H groups in total. The first-order chi connectivity index (χ1) is 7.42. The number of nitrogens with two attached hydrogens (primary N) is 1. The van der Waals surface area contributed by atoms with Crippen LogP contribution >= 0.6 is 15.9 Å². The van der Waals surface area contributed by atoms with Crippen LogP contribution in [0, 0.1) is 0 Å². The highest BCUT2D eigenvalue weighted by Gasteiger charge is 2.24. The van der Waals surface area contributed by atoms with E-state index in [2.05, 4.69) is 29.8 Å². The van der Waals surface area contributed by atoms with Gasteiger partial charge in [-0.1, -0.05) is 29.8 Å². The number of phenolic OH excluding ortho intramolecular Hbond substituents is 1. The maximum absolute atomic E-state index is 9.63. The quantitative estimate of drug-likeness (QED) is 0.895. The van der Waals surface area contributed by atoms with E-state index in [-0.39, 0.29) is 11.2 Å². The van der Waals surface area contributed by atoms with E-state index in [1.165, 1.54) is 0 Å². The molecule has 0 unspecified atom stereocenters. The van der Waals surface area contributed by atoms with Crippen molar-refractivity contribution in [2.24, 2.45) is 5.73 Å². The van der Waals surface area contributed by atoms with Gasteiger partial charge < -0.3 is 15.6 Å². The van der Waals surface area contributed by atoms with Gasteiger partial charge in [0.15, 0.2) is 11.5 Å². The lowest BCUT2D eigenvalue weighted by molar-refractivity contribution is 0.370. The topological polar surface area (TPSA) is 55.5 Å². The Morgan fingerprint density at radius 1 is 1.44 bits per heavy atom. The predicted octanol–water partition coefficient (Wildman–Crippen LogP) is 2.79. The molecule has 1 aromatic carbocycles. The van der Waals surface area contributed by atoms with Crippen LogP contribution in [-0.2, 0) is 5.41 Å². The summed E-state index contributed by atoms with van der Waals surface area (Å²) in [6.45, 7) is 4.87. The Bertz CT molecular complexity index is 378. The van der Waals surface area contributed by atoms with Crippen LogP contribution < -0.4 is 10.5 Å². The van der Waals surface area contributed by atoms with E-state index in [1.54, 1.807) is 13.2 Å². The number of benzene rings is 1. The molecule has 0 aliphatic carbocycles. The smallest absolute Gasteiger partial charge is 0.160 e. The Hall–Kier alpha value is -0.740. The SMILES string of the molecule is COc1cc(C(C)(C)CCN)c(Br)cc1O. The lowest BCUT2D eigenvalue weighted by Crippen LogP contribution is -2.22. The zero-order valence-corrected chi connectivity index (χ0v) is 11.5. The van der Waals surface area contributed by atoms with E-state index >= 15 is 0 Å². The number of halogens is 1. The zero-order valence-electron chi connectivity index (χ0n) is 9.88.